The second-order valence-electron chi connectivity index (χ2n) is 14.5. The summed E-state index contributed by atoms with van der Waals surface area (Å²) in [6.07, 6.45) is 0. The van der Waals surface area contributed by atoms with Crippen molar-refractivity contribution in [2.75, 3.05) is 4.90 Å². The number of benzene rings is 10. The van der Waals surface area contributed by atoms with Crippen LogP contribution in [-0.4, -0.2) is 0 Å². The van der Waals surface area contributed by atoms with Crippen LogP contribution in [0, 0.1) is 0 Å². The normalized spacial score (nSPS) is 11.6. The van der Waals surface area contributed by atoms with Gasteiger partial charge in [0.2, 0.25) is 0 Å². The maximum absolute atomic E-state index is 6.37. The third-order valence-electron chi connectivity index (χ3n) is 11.2. The highest BCUT2D eigenvalue weighted by molar-refractivity contribution is 6.34. The molecule has 2 nitrogen and oxygen atoms in total. The van der Waals surface area contributed by atoms with Crippen LogP contribution in [0.5, 0.6) is 0 Å². The average molecular weight is 714 g/mol. The van der Waals surface area contributed by atoms with Crippen molar-refractivity contribution < 1.29 is 4.42 Å². The molecule has 1 heterocycles. The minimum Gasteiger partial charge on any atom is -0.456 e. The van der Waals surface area contributed by atoms with Crippen molar-refractivity contribution in [1.29, 1.82) is 0 Å². The number of furan rings is 1. The lowest BCUT2D eigenvalue weighted by Crippen LogP contribution is -2.09. The molecule has 1 aromatic heterocycles. The molecule has 0 saturated heterocycles. The Kier molecular flexibility index (Phi) is 7.53. The molecule has 0 N–H and O–H groups in total. The largest absolute Gasteiger partial charge is 0.456 e. The van der Waals surface area contributed by atoms with Crippen molar-refractivity contribution in [2.24, 2.45) is 0 Å². The lowest BCUT2D eigenvalue weighted by atomic mass is 9.90. The van der Waals surface area contributed by atoms with Gasteiger partial charge in [-0.15, -0.1) is 0 Å². The van der Waals surface area contributed by atoms with Gasteiger partial charge in [0, 0.05) is 33.2 Å². The molecule has 0 saturated carbocycles. The minimum absolute atomic E-state index is 0.917. The van der Waals surface area contributed by atoms with Crippen LogP contribution in [0.3, 0.4) is 0 Å². The minimum atomic E-state index is 0.917. The Morgan fingerprint density at radius 2 is 0.732 bits per heavy atom. The third-order valence-corrected chi connectivity index (χ3v) is 11.2. The number of hydrogen-bond donors (Lipinski definition) is 0. The first-order valence-electron chi connectivity index (χ1n) is 19.2. The maximum Gasteiger partial charge on any atom is 0.136 e. The zero-order chi connectivity index (χ0) is 37.0. The Labute approximate surface area is 325 Å². The Balaban J connectivity index is 1.01. The van der Waals surface area contributed by atoms with Gasteiger partial charge < -0.3 is 9.32 Å². The van der Waals surface area contributed by atoms with Gasteiger partial charge in [-0.1, -0.05) is 152 Å². The van der Waals surface area contributed by atoms with Crippen LogP contribution in [0.1, 0.15) is 0 Å². The third kappa shape index (κ3) is 5.34. The molecule has 0 aliphatic rings. The second-order valence-corrected chi connectivity index (χ2v) is 14.5. The van der Waals surface area contributed by atoms with E-state index in [0.29, 0.717) is 0 Å². The van der Waals surface area contributed by atoms with E-state index in [-0.39, 0.29) is 0 Å². The summed E-state index contributed by atoms with van der Waals surface area (Å²) in [6, 6.07) is 76.4. The van der Waals surface area contributed by atoms with E-state index in [1.165, 1.54) is 65.5 Å². The van der Waals surface area contributed by atoms with Crippen molar-refractivity contribution >= 4 is 71.3 Å². The molecule has 0 bridgehead atoms. The van der Waals surface area contributed by atoms with E-state index < -0.39 is 0 Å². The number of para-hydroxylation sites is 2. The van der Waals surface area contributed by atoms with Crippen molar-refractivity contribution in [3.8, 4) is 33.4 Å². The molecule has 0 amide bonds. The number of hydrogen-bond acceptors (Lipinski definition) is 2. The van der Waals surface area contributed by atoms with Gasteiger partial charge in [-0.3, -0.25) is 0 Å². The summed E-state index contributed by atoms with van der Waals surface area (Å²) in [4.78, 5) is 2.34. The number of anilines is 3. The molecule has 2 heteroatoms. The van der Waals surface area contributed by atoms with Gasteiger partial charge in [-0.25, -0.2) is 0 Å². The highest BCUT2D eigenvalue weighted by atomic mass is 16.3. The van der Waals surface area contributed by atoms with Gasteiger partial charge in [0.1, 0.15) is 11.2 Å². The van der Waals surface area contributed by atoms with E-state index in [0.717, 1.165) is 39.2 Å². The first-order chi connectivity index (χ1) is 27.8. The fourth-order valence-corrected chi connectivity index (χ4v) is 8.58. The highest BCUT2D eigenvalue weighted by Crippen LogP contribution is 2.44. The van der Waals surface area contributed by atoms with Crippen LogP contribution < -0.4 is 4.90 Å². The summed E-state index contributed by atoms with van der Waals surface area (Å²) >= 11 is 0. The lowest BCUT2D eigenvalue weighted by molar-refractivity contribution is 0.669. The van der Waals surface area contributed by atoms with Gasteiger partial charge in [-0.2, -0.15) is 0 Å². The van der Waals surface area contributed by atoms with Gasteiger partial charge in [0.15, 0.2) is 0 Å². The van der Waals surface area contributed by atoms with Crippen LogP contribution in [0.2, 0.25) is 0 Å². The maximum atomic E-state index is 6.37. The van der Waals surface area contributed by atoms with Crippen LogP contribution in [0.25, 0.3) is 87.6 Å². The first kappa shape index (κ1) is 32.0. The van der Waals surface area contributed by atoms with Gasteiger partial charge in [-0.05, 0) is 121 Å². The van der Waals surface area contributed by atoms with E-state index in [1.54, 1.807) is 0 Å². The number of rotatable bonds is 6. The monoisotopic (exact) mass is 713 g/mol. The Hall–Kier alpha value is -7.42. The Morgan fingerprint density at radius 1 is 0.250 bits per heavy atom. The average Bonchev–Trinajstić information content (AvgIpc) is 3.66. The topological polar surface area (TPSA) is 16.4 Å². The molecule has 11 rings (SSSR count). The SMILES string of the molecule is c1ccc(-c2ccc(-c3ccc(N(c4ccccc4)c4cccc(-c5ccc6c7ccccc7c7c(ccc8oc9ccccc9c87)c6c5)c4)cc3)cc2)cc1. The van der Waals surface area contributed by atoms with Gasteiger partial charge >= 0.3 is 0 Å². The summed E-state index contributed by atoms with van der Waals surface area (Å²) in [5.74, 6) is 0. The van der Waals surface area contributed by atoms with Crippen molar-refractivity contribution in [2.45, 2.75) is 0 Å². The zero-order valence-electron chi connectivity index (χ0n) is 30.6. The van der Waals surface area contributed by atoms with Crippen LogP contribution in [0.4, 0.5) is 17.1 Å². The molecule has 56 heavy (non-hydrogen) atoms. The van der Waals surface area contributed by atoms with Gasteiger partial charge in [0.05, 0.1) is 0 Å². The molecule has 0 aliphatic carbocycles. The summed E-state index contributed by atoms with van der Waals surface area (Å²) in [5, 5.41) is 9.79. The second kappa shape index (κ2) is 13.2. The zero-order valence-corrected chi connectivity index (χ0v) is 30.6. The van der Waals surface area contributed by atoms with Crippen LogP contribution in [-0.2, 0) is 0 Å². The van der Waals surface area contributed by atoms with Crippen molar-refractivity contribution in [3.05, 3.63) is 212 Å². The Bertz CT molecular complexity index is 3220. The first-order valence-corrected chi connectivity index (χ1v) is 19.2. The summed E-state index contributed by atoms with van der Waals surface area (Å²) < 4.78 is 6.37. The standard InChI is InChI=1S/C54H35NO/c1-3-12-36(13-4-1)37-22-24-38(25-23-37)39-26-29-43(30-27-39)55(42-15-5-2-6-16-42)44-17-11-14-40(34-44)41-28-31-46-45-18-7-8-19-47(45)53-48(50(46)35-41)32-33-52-54(53)49-20-9-10-21-51(49)56-52/h1-35H. The van der Waals surface area contributed by atoms with E-state index >= 15 is 0 Å². The van der Waals surface area contributed by atoms with Crippen molar-refractivity contribution in [1.82, 2.24) is 0 Å². The van der Waals surface area contributed by atoms with E-state index in [9.17, 15) is 0 Å². The molecule has 11 aromatic rings. The van der Waals surface area contributed by atoms with E-state index in [4.69, 9.17) is 4.42 Å². The van der Waals surface area contributed by atoms with Crippen molar-refractivity contribution in [3.63, 3.8) is 0 Å². The molecule has 0 unspecified atom stereocenters. The quantitative estimate of drug-likeness (QED) is 0.160. The molecule has 0 fully saturated rings. The molecular formula is C54H35NO. The van der Waals surface area contributed by atoms with E-state index in [1.807, 2.05) is 6.07 Å². The van der Waals surface area contributed by atoms with Crippen LogP contribution in [0.15, 0.2) is 217 Å². The molecule has 0 spiro atoms. The van der Waals surface area contributed by atoms with E-state index in [2.05, 4.69) is 211 Å². The molecule has 0 aliphatic heterocycles. The Morgan fingerprint density at radius 3 is 1.48 bits per heavy atom. The summed E-state index contributed by atoms with van der Waals surface area (Å²) in [6.45, 7) is 0. The molecule has 262 valence electrons. The molecular weight excluding hydrogens is 679 g/mol. The molecule has 0 atom stereocenters. The number of nitrogens with zero attached hydrogens (tertiary/aromatic N) is 1. The predicted octanol–water partition coefficient (Wildman–Crippen LogP) is 15.5. The predicted molar refractivity (Wildman–Crippen MR) is 237 cm³/mol. The molecule has 0 radical (unpaired) electrons. The number of fused-ring (bicyclic) bond motifs is 10. The summed E-state index contributed by atoms with van der Waals surface area (Å²) in [7, 11) is 0. The highest BCUT2D eigenvalue weighted by Gasteiger charge is 2.18. The fourth-order valence-electron chi connectivity index (χ4n) is 8.58. The van der Waals surface area contributed by atoms with Crippen LogP contribution >= 0.6 is 0 Å². The lowest BCUT2D eigenvalue weighted by Gasteiger charge is -2.26. The molecule has 10 aromatic carbocycles. The van der Waals surface area contributed by atoms with Gasteiger partial charge in [0.25, 0.3) is 0 Å². The smallest absolute Gasteiger partial charge is 0.136 e. The fraction of sp³-hybridized carbons (Fsp3) is 0. The summed E-state index contributed by atoms with van der Waals surface area (Å²) in [5.41, 5.74) is 12.3.